The molecule has 0 aromatic heterocycles. The van der Waals surface area contributed by atoms with Crippen LogP contribution in [0.4, 0.5) is 13.6 Å². The zero-order chi connectivity index (χ0) is 16.8. The maximum absolute atomic E-state index is 13.2. The van der Waals surface area contributed by atoms with Crippen molar-refractivity contribution in [2.75, 3.05) is 26.2 Å². The first kappa shape index (κ1) is 17.6. The molecule has 23 heavy (non-hydrogen) atoms. The molecule has 128 valence electrons. The molecule has 1 saturated heterocycles. The molecule has 0 saturated carbocycles. The van der Waals surface area contributed by atoms with E-state index in [4.69, 9.17) is 4.74 Å². The molecular weight excluding hydrogens is 306 g/mol. The van der Waals surface area contributed by atoms with Gasteiger partial charge in [0.15, 0.2) is 11.6 Å². The molecule has 2 N–H and O–H groups in total. The lowest BCUT2D eigenvalue weighted by molar-refractivity contribution is 0.0876. The number of ether oxygens (including phenoxy) is 1. The summed E-state index contributed by atoms with van der Waals surface area (Å²) in [6.45, 7) is 3.72. The van der Waals surface area contributed by atoms with Crippen molar-refractivity contribution in [3.8, 4) is 0 Å². The van der Waals surface area contributed by atoms with E-state index in [0.717, 1.165) is 31.5 Å². The second-order valence-corrected chi connectivity index (χ2v) is 5.65. The molecule has 1 fully saturated rings. The van der Waals surface area contributed by atoms with Gasteiger partial charge in [0.25, 0.3) is 0 Å². The zero-order valence-corrected chi connectivity index (χ0v) is 13.1. The highest BCUT2D eigenvalue weighted by Gasteiger charge is 2.24. The molecule has 2 atom stereocenters. The van der Waals surface area contributed by atoms with Gasteiger partial charge in [0.05, 0.1) is 12.7 Å². The second kappa shape index (κ2) is 8.21. The maximum Gasteiger partial charge on any atom is 0.407 e. The van der Waals surface area contributed by atoms with Crippen LogP contribution in [0.2, 0.25) is 0 Å². The van der Waals surface area contributed by atoms with Gasteiger partial charge in [0.1, 0.15) is 0 Å². The fourth-order valence-electron chi connectivity index (χ4n) is 2.75. The highest BCUT2D eigenvalue weighted by Crippen LogP contribution is 2.19. The standard InChI is InChI=1S/C16H22F2N2O3/c1-2-23-16(22)19-12-4-3-7-20(9-12)10-15(21)11-5-6-13(17)14(18)8-11/h5-6,8,12,15,21H,2-4,7,9-10H2,1H3,(H,19,22). The van der Waals surface area contributed by atoms with Gasteiger partial charge in [-0.25, -0.2) is 13.6 Å². The van der Waals surface area contributed by atoms with Gasteiger partial charge in [-0.05, 0) is 44.0 Å². The number of aliphatic hydroxyl groups excluding tert-OH is 1. The first-order valence-corrected chi connectivity index (χ1v) is 7.78. The topological polar surface area (TPSA) is 61.8 Å². The van der Waals surface area contributed by atoms with Crippen molar-refractivity contribution in [2.24, 2.45) is 0 Å². The van der Waals surface area contributed by atoms with Crippen LogP contribution in [0.3, 0.4) is 0 Å². The van der Waals surface area contributed by atoms with Crippen molar-refractivity contribution in [1.82, 2.24) is 10.2 Å². The highest BCUT2D eigenvalue weighted by atomic mass is 19.2. The number of rotatable bonds is 5. The number of hydrogen-bond donors (Lipinski definition) is 2. The molecule has 5 nitrogen and oxygen atoms in total. The molecule has 1 amide bonds. The number of carbonyl (C=O) groups excluding carboxylic acids is 1. The Morgan fingerprint density at radius 2 is 2.26 bits per heavy atom. The summed E-state index contributed by atoms with van der Waals surface area (Å²) in [4.78, 5) is 13.4. The van der Waals surface area contributed by atoms with Gasteiger partial charge in [-0.3, -0.25) is 4.90 Å². The van der Waals surface area contributed by atoms with Crippen LogP contribution >= 0.6 is 0 Å². The Kier molecular flexibility index (Phi) is 6.29. The Labute approximate surface area is 134 Å². The minimum absolute atomic E-state index is 0.0417. The summed E-state index contributed by atoms with van der Waals surface area (Å²) in [6, 6.07) is 3.36. The Morgan fingerprint density at radius 1 is 1.48 bits per heavy atom. The maximum atomic E-state index is 13.2. The normalized spacial score (nSPS) is 20.1. The van der Waals surface area contributed by atoms with Crippen LogP contribution in [-0.4, -0.2) is 48.4 Å². The minimum Gasteiger partial charge on any atom is -0.450 e. The van der Waals surface area contributed by atoms with E-state index in [1.807, 2.05) is 4.90 Å². The molecule has 2 unspecified atom stereocenters. The van der Waals surface area contributed by atoms with Crippen LogP contribution < -0.4 is 5.32 Å². The second-order valence-electron chi connectivity index (χ2n) is 5.65. The molecule has 1 heterocycles. The Balaban J connectivity index is 1.88. The van der Waals surface area contributed by atoms with Crippen molar-refractivity contribution < 1.29 is 23.4 Å². The lowest BCUT2D eigenvalue weighted by Crippen LogP contribution is -2.48. The number of halogens is 2. The van der Waals surface area contributed by atoms with Crippen LogP contribution in [-0.2, 0) is 4.74 Å². The molecule has 1 aliphatic heterocycles. The van der Waals surface area contributed by atoms with Crippen molar-refractivity contribution in [3.05, 3.63) is 35.4 Å². The lowest BCUT2D eigenvalue weighted by Gasteiger charge is -2.34. The number of carbonyl (C=O) groups is 1. The van der Waals surface area contributed by atoms with Crippen molar-refractivity contribution in [3.63, 3.8) is 0 Å². The van der Waals surface area contributed by atoms with Gasteiger partial charge in [0.2, 0.25) is 0 Å². The predicted molar refractivity (Wildman–Crippen MR) is 80.9 cm³/mol. The summed E-state index contributed by atoms with van der Waals surface area (Å²) < 4.78 is 31.0. The zero-order valence-electron chi connectivity index (χ0n) is 13.1. The smallest absolute Gasteiger partial charge is 0.407 e. The number of likely N-dealkylation sites (tertiary alicyclic amines) is 1. The van der Waals surface area contributed by atoms with E-state index in [9.17, 15) is 18.7 Å². The number of aliphatic hydroxyl groups is 1. The molecule has 1 aliphatic rings. The number of alkyl carbamates (subject to hydrolysis) is 1. The van der Waals surface area contributed by atoms with Crippen LogP contribution in [0.1, 0.15) is 31.4 Å². The van der Waals surface area contributed by atoms with Crippen molar-refractivity contribution >= 4 is 6.09 Å². The third kappa shape index (κ3) is 5.14. The summed E-state index contributed by atoms with van der Waals surface area (Å²) >= 11 is 0. The van der Waals surface area contributed by atoms with E-state index < -0.39 is 23.8 Å². The van der Waals surface area contributed by atoms with Crippen LogP contribution in [0.15, 0.2) is 18.2 Å². The number of piperidine rings is 1. The SMILES string of the molecule is CCOC(=O)NC1CCCN(CC(O)c2ccc(F)c(F)c2)C1. The van der Waals surface area contributed by atoms with Crippen LogP contribution in [0.5, 0.6) is 0 Å². The number of hydrogen-bond acceptors (Lipinski definition) is 4. The molecule has 7 heteroatoms. The molecule has 0 spiro atoms. The molecule has 0 aliphatic carbocycles. The Hall–Kier alpha value is -1.73. The van der Waals surface area contributed by atoms with Crippen molar-refractivity contribution in [2.45, 2.75) is 31.9 Å². The summed E-state index contributed by atoms with van der Waals surface area (Å²) in [5, 5.41) is 13.0. The van der Waals surface area contributed by atoms with Gasteiger partial charge in [-0.1, -0.05) is 6.07 Å². The Bertz CT molecular complexity index is 542. The van der Waals surface area contributed by atoms with Crippen LogP contribution in [0, 0.1) is 11.6 Å². The predicted octanol–water partition coefficient (Wildman–Crippen LogP) is 2.21. The minimum atomic E-state index is -0.970. The van der Waals surface area contributed by atoms with E-state index in [1.165, 1.54) is 6.07 Å². The first-order chi connectivity index (χ1) is 11.0. The third-order valence-electron chi connectivity index (χ3n) is 3.86. The number of amides is 1. The quantitative estimate of drug-likeness (QED) is 0.870. The molecule has 1 aromatic rings. The molecule has 1 aromatic carbocycles. The number of nitrogens with zero attached hydrogens (tertiary/aromatic N) is 1. The average molecular weight is 328 g/mol. The number of β-amino-alcohol motifs (C(OH)–C–C–N with tert-alkyl or cyclic N) is 1. The van der Waals surface area contributed by atoms with Crippen molar-refractivity contribution in [1.29, 1.82) is 0 Å². The number of benzene rings is 1. The van der Waals surface area contributed by atoms with Gasteiger partial charge < -0.3 is 15.2 Å². The summed E-state index contributed by atoms with van der Waals surface area (Å²) in [6.07, 6.45) is 0.366. The summed E-state index contributed by atoms with van der Waals surface area (Å²) in [5.41, 5.74) is 0.337. The third-order valence-corrected chi connectivity index (χ3v) is 3.86. The summed E-state index contributed by atoms with van der Waals surface area (Å²) in [5.74, 6) is -1.90. The van der Waals surface area contributed by atoms with E-state index in [1.54, 1.807) is 6.92 Å². The van der Waals surface area contributed by atoms with E-state index in [-0.39, 0.29) is 6.04 Å². The van der Waals surface area contributed by atoms with E-state index >= 15 is 0 Å². The molecule has 0 bridgehead atoms. The largest absolute Gasteiger partial charge is 0.450 e. The molecule has 2 rings (SSSR count). The van der Waals surface area contributed by atoms with Crippen LogP contribution in [0.25, 0.3) is 0 Å². The van der Waals surface area contributed by atoms with E-state index in [2.05, 4.69) is 5.32 Å². The average Bonchev–Trinajstić information content (AvgIpc) is 2.50. The number of nitrogens with one attached hydrogen (secondary N) is 1. The van der Waals surface area contributed by atoms with Gasteiger partial charge >= 0.3 is 6.09 Å². The summed E-state index contributed by atoms with van der Waals surface area (Å²) in [7, 11) is 0. The molecule has 0 radical (unpaired) electrons. The first-order valence-electron chi connectivity index (χ1n) is 7.78. The Morgan fingerprint density at radius 3 is 2.96 bits per heavy atom. The lowest BCUT2D eigenvalue weighted by atomic mass is 10.0. The highest BCUT2D eigenvalue weighted by molar-refractivity contribution is 5.67. The van der Waals surface area contributed by atoms with Gasteiger partial charge in [-0.2, -0.15) is 0 Å². The fourth-order valence-corrected chi connectivity index (χ4v) is 2.75. The monoisotopic (exact) mass is 328 g/mol. The van der Waals surface area contributed by atoms with Gasteiger partial charge in [-0.15, -0.1) is 0 Å². The van der Waals surface area contributed by atoms with Gasteiger partial charge in [0, 0.05) is 19.1 Å². The molecular formula is C16H22F2N2O3. The van der Waals surface area contributed by atoms with E-state index in [0.29, 0.717) is 25.3 Å². The fraction of sp³-hybridized carbons (Fsp3) is 0.562.